The quantitative estimate of drug-likeness (QED) is 0.222. The van der Waals surface area contributed by atoms with E-state index in [-0.39, 0.29) is 9.87 Å². The Bertz CT molecular complexity index is 1020. The highest BCUT2D eigenvalue weighted by atomic mass is 32.2. The molecule has 1 atom stereocenters. The van der Waals surface area contributed by atoms with Gasteiger partial charge in [-0.15, -0.1) is 0 Å². The highest BCUT2D eigenvalue weighted by Crippen LogP contribution is 2.32. The van der Waals surface area contributed by atoms with E-state index in [0.29, 0.717) is 0 Å². The second kappa shape index (κ2) is 9.06. The molecule has 0 aliphatic carbocycles. The molecule has 2 aromatic rings. The summed E-state index contributed by atoms with van der Waals surface area (Å²) in [5, 5.41) is 9.00. The molecule has 2 rings (SSSR count). The number of halogens is 5. The molecule has 2 N–H and O–H groups in total. The van der Waals surface area contributed by atoms with Crippen molar-refractivity contribution in [3.05, 3.63) is 65.0 Å². The van der Waals surface area contributed by atoms with E-state index in [1.165, 1.54) is 43.6 Å². The molecule has 0 fully saturated rings. The van der Waals surface area contributed by atoms with Crippen LogP contribution in [0, 0.1) is 35.0 Å². The monoisotopic (exact) mass is 452 g/mol. The summed E-state index contributed by atoms with van der Waals surface area (Å²) in [5.41, 5.74) is 1.51. The maximum absolute atomic E-state index is 14.3. The third-order valence-corrected chi connectivity index (χ3v) is 6.09. The minimum Gasteiger partial charge on any atom is -0.289 e. The van der Waals surface area contributed by atoms with Crippen molar-refractivity contribution in [3.63, 3.8) is 0 Å². The van der Waals surface area contributed by atoms with Gasteiger partial charge in [-0.3, -0.25) is 10.0 Å². The molecule has 164 valence electrons. The minimum absolute atomic E-state index is 0.251. The zero-order valence-electron chi connectivity index (χ0n) is 15.7. The Morgan fingerprint density at radius 1 is 0.967 bits per heavy atom. The third kappa shape index (κ3) is 4.30. The van der Waals surface area contributed by atoms with Crippen LogP contribution in [0.2, 0.25) is 0 Å². The lowest BCUT2D eigenvalue weighted by Crippen LogP contribution is -2.51. The van der Waals surface area contributed by atoms with Gasteiger partial charge in [-0.2, -0.15) is 4.31 Å². The van der Waals surface area contributed by atoms with Crippen LogP contribution in [-0.2, 0) is 21.4 Å². The summed E-state index contributed by atoms with van der Waals surface area (Å²) < 4.78 is 95.6. The van der Waals surface area contributed by atoms with Gasteiger partial charge in [0.2, 0.25) is 15.8 Å². The number of hydrogen-bond acceptors (Lipinski definition) is 4. The van der Waals surface area contributed by atoms with Gasteiger partial charge in [0.05, 0.1) is 0 Å². The number of amides is 1. The van der Waals surface area contributed by atoms with Gasteiger partial charge < -0.3 is 0 Å². The molecule has 0 bridgehead atoms. The van der Waals surface area contributed by atoms with E-state index in [1.807, 2.05) is 0 Å². The maximum Gasteiger partial charge on any atom is 0.262 e. The lowest BCUT2D eigenvalue weighted by Gasteiger charge is -2.32. The van der Waals surface area contributed by atoms with E-state index < -0.39 is 68.4 Å². The first-order valence-electron chi connectivity index (χ1n) is 8.46. The van der Waals surface area contributed by atoms with Crippen molar-refractivity contribution in [1.29, 1.82) is 0 Å². The molecular weight excluding hydrogens is 435 g/mol. The molecule has 30 heavy (non-hydrogen) atoms. The fourth-order valence-corrected chi connectivity index (χ4v) is 4.68. The van der Waals surface area contributed by atoms with Crippen LogP contribution >= 0.6 is 0 Å². The highest BCUT2D eigenvalue weighted by Gasteiger charge is 2.43. The Kier molecular flexibility index (Phi) is 7.16. The fraction of sp³-hybridized carbons (Fsp3) is 0.278. The van der Waals surface area contributed by atoms with Gasteiger partial charge >= 0.3 is 0 Å². The number of carbonyl (C=O) groups excluding carboxylic acids is 1. The fourth-order valence-electron chi connectivity index (χ4n) is 2.86. The predicted molar refractivity (Wildman–Crippen MR) is 94.0 cm³/mol. The number of sulfonamides is 1. The van der Waals surface area contributed by atoms with Gasteiger partial charge in [0.1, 0.15) is 6.04 Å². The molecule has 12 heteroatoms. The lowest BCUT2D eigenvalue weighted by atomic mass is 10.0. The molecule has 0 aliphatic rings. The summed E-state index contributed by atoms with van der Waals surface area (Å²) in [4.78, 5) is 10.1. The first-order chi connectivity index (χ1) is 13.9. The van der Waals surface area contributed by atoms with Gasteiger partial charge in [-0.05, 0) is 11.5 Å². The van der Waals surface area contributed by atoms with Crippen LogP contribution in [0.15, 0.2) is 35.2 Å². The van der Waals surface area contributed by atoms with Gasteiger partial charge in [0.15, 0.2) is 28.2 Å². The molecule has 1 amide bonds. The molecule has 0 aromatic heterocycles. The zero-order valence-corrected chi connectivity index (χ0v) is 16.5. The molecule has 0 saturated carbocycles. The van der Waals surface area contributed by atoms with Crippen LogP contribution in [0.4, 0.5) is 22.0 Å². The third-order valence-electron chi connectivity index (χ3n) is 4.24. The molecule has 0 radical (unpaired) electrons. The zero-order chi connectivity index (χ0) is 22.8. The lowest BCUT2D eigenvalue weighted by molar-refractivity contribution is -0.134. The number of carbonyl (C=O) groups is 1. The highest BCUT2D eigenvalue weighted by molar-refractivity contribution is 7.89. The summed E-state index contributed by atoms with van der Waals surface area (Å²) in [7, 11) is -5.46. The summed E-state index contributed by atoms with van der Waals surface area (Å²) in [6, 6.07) is 5.72. The van der Waals surface area contributed by atoms with Crippen LogP contribution in [-0.4, -0.2) is 29.9 Å². The smallest absolute Gasteiger partial charge is 0.262 e. The molecule has 0 aliphatic heterocycles. The number of nitrogens with zero attached hydrogens (tertiary/aromatic N) is 1. The van der Waals surface area contributed by atoms with Gasteiger partial charge in [0, 0.05) is 6.54 Å². The average molecular weight is 452 g/mol. The SMILES string of the molecule is CC(C)[C@@H](C(=O)NO)N(Cc1ccccc1)S(=O)(=O)c1c(F)c(F)c(F)c(F)c1F. The van der Waals surface area contributed by atoms with Gasteiger partial charge in [0.25, 0.3) is 5.91 Å². The molecular formula is C18H17F5N2O4S. The van der Waals surface area contributed by atoms with Gasteiger partial charge in [-0.1, -0.05) is 44.2 Å². The van der Waals surface area contributed by atoms with E-state index >= 15 is 0 Å². The predicted octanol–water partition coefficient (Wildman–Crippen LogP) is 3.10. The van der Waals surface area contributed by atoms with E-state index in [9.17, 15) is 35.2 Å². The largest absolute Gasteiger partial charge is 0.289 e. The molecule has 6 nitrogen and oxygen atoms in total. The molecule has 2 aromatic carbocycles. The molecule has 0 spiro atoms. The van der Waals surface area contributed by atoms with Crippen molar-refractivity contribution in [2.75, 3.05) is 0 Å². The van der Waals surface area contributed by atoms with Crippen molar-refractivity contribution < 1.29 is 40.4 Å². The van der Waals surface area contributed by atoms with Crippen LogP contribution in [0.25, 0.3) is 0 Å². The Balaban J connectivity index is 2.79. The van der Waals surface area contributed by atoms with E-state index in [0.717, 1.165) is 0 Å². The number of hydroxylamine groups is 1. The summed E-state index contributed by atoms with van der Waals surface area (Å²) in [5.74, 6) is -14.6. The number of nitrogens with one attached hydrogen (secondary N) is 1. The van der Waals surface area contributed by atoms with Crippen LogP contribution in [0.3, 0.4) is 0 Å². The van der Waals surface area contributed by atoms with Crippen molar-refractivity contribution in [2.24, 2.45) is 5.92 Å². The van der Waals surface area contributed by atoms with Crippen molar-refractivity contribution >= 4 is 15.9 Å². The Morgan fingerprint density at radius 3 is 1.87 bits per heavy atom. The summed E-state index contributed by atoms with van der Waals surface area (Å²) >= 11 is 0. The van der Waals surface area contributed by atoms with Crippen LogP contribution in [0.1, 0.15) is 19.4 Å². The maximum atomic E-state index is 14.3. The van der Waals surface area contributed by atoms with E-state index in [1.54, 1.807) is 6.07 Å². The normalized spacial score (nSPS) is 13.0. The number of hydrogen-bond donors (Lipinski definition) is 2. The van der Waals surface area contributed by atoms with Crippen LogP contribution in [0.5, 0.6) is 0 Å². The second-order valence-electron chi connectivity index (χ2n) is 6.60. The Morgan fingerprint density at radius 2 is 1.43 bits per heavy atom. The summed E-state index contributed by atoms with van der Waals surface area (Å²) in [6.07, 6.45) is 0. The van der Waals surface area contributed by atoms with Crippen LogP contribution < -0.4 is 5.48 Å². The molecule has 0 unspecified atom stereocenters. The van der Waals surface area contributed by atoms with Crippen molar-refractivity contribution in [3.8, 4) is 0 Å². The second-order valence-corrected chi connectivity index (χ2v) is 8.43. The number of benzene rings is 2. The van der Waals surface area contributed by atoms with E-state index in [2.05, 4.69) is 0 Å². The minimum atomic E-state index is -5.46. The standard InChI is InChI=1S/C18H17F5N2O4S/c1-9(2)16(18(26)24-27)25(8-10-6-4-3-5-7-10)30(28,29)17-14(22)12(20)11(19)13(21)15(17)23/h3-7,9,16,27H,8H2,1-2H3,(H,24,26)/t16-/m0/s1. The summed E-state index contributed by atoms with van der Waals surface area (Å²) in [6.45, 7) is 2.08. The molecule has 0 heterocycles. The van der Waals surface area contributed by atoms with Crippen molar-refractivity contribution in [2.45, 2.75) is 31.3 Å². The Hall–Kier alpha value is -2.57. The van der Waals surface area contributed by atoms with Crippen molar-refractivity contribution in [1.82, 2.24) is 9.79 Å². The first kappa shape index (κ1) is 23.7. The topological polar surface area (TPSA) is 86.7 Å². The number of rotatable bonds is 7. The Labute approximate surface area is 168 Å². The molecule has 0 saturated heterocycles. The van der Waals surface area contributed by atoms with E-state index in [4.69, 9.17) is 5.21 Å². The first-order valence-corrected chi connectivity index (χ1v) is 9.90. The van der Waals surface area contributed by atoms with Gasteiger partial charge in [-0.25, -0.2) is 35.8 Å². The average Bonchev–Trinajstić information content (AvgIpc) is 2.70.